The van der Waals surface area contributed by atoms with Gasteiger partial charge in [0.2, 0.25) is 11.1 Å². The number of ketones is 1. The zero-order chi connectivity index (χ0) is 22.1. The van der Waals surface area contributed by atoms with E-state index in [1.54, 1.807) is 36.6 Å². The van der Waals surface area contributed by atoms with Gasteiger partial charge in [-0.05, 0) is 42.8 Å². The van der Waals surface area contributed by atoms with Gasteiger partial charge in [0, 0.05) is 17.5 Å². The van der Waals surface area contributed by atoms with Crippen LogP contribution in [0.5, 0.6) is 0 Å². The fourth-order valence-corrected chi connectivity index (χ4v) is 3.08. The van der Waals surface area contributed by atoms with Gasteiger partial charge in [-0.3, -0.25) is 9.59 Å². The Labute approximate surface area is 183 Å². The highest BCUT2D eigenvalue weighted by Crippen LogP contribution is 2.17. The molecule has 0 bridgehead atoms. The molecule has 158 valence electrons. The van der Waals surface area contributed by atoms with Crippen molar-refractivity contribution >= 4 is 47.4 Å². The van der Waals surface area contributed by atoms with Crippen LogP contribution in [0.3, 0.4) is 0 Å². The molecule has 1 aromatic heterocycles. The lowest BCUT2D eigenvalue weighted by Crippen LogP contribution is -2.16. The van der Waals surface area contributed by atoms with Crippen LogP contribution in [-0.4, -0.2) is 38.5 Å². The normalized spacial score (nSPS) is 11.1. The quantitative estimate of drug-likeness (QED) is 0.155. The highest BCUT2D eigenvalue weighted by Gasteiger charge is 2.12. The van der Waals surface area contributed by atoms with E-state index in [2.05, 4.69) is 26.0 Å². The minimum atomic E-state index is -0.234. The Morgan fingerprint density at radius 2 is 1.87 bits per heavy atom. The van der Waals surface area contributed by atoms with Gasteiger partial charge >= 0.3 is 0 Å². The number of thioether (sulfide) groups is 1. The molecule has 0 saturated carbocycles. The number of benzene rings is 2. The summed E-state index contributed by atoms with van der Waals surface area (Å²) in [6.07, 6.45) is 5.26. The van der Waals surface area contributed by atoms with E-state index < -0.39 is 0 Å². The summed E-state index contributed by atoms with van der Waals surface area (Å²) in [6.45, 7) is 1.49. The van der Waals surface area contributed by atoms with Crippen molar-refractivity contribution in [2.75, 3.05) is 22.3 Å². The number of amides is 1. The van der Waals surface area contributed by atoms with Crippen molar-refractivity contribution in [1.29, 1.82) is 0 Å². The summed E-state index contributed by atoms with van der Waals surface area (Å²) < 4.78 is 1.22. The van der Waals surface area contributed by atoms with Gasteiger partial charge < -0.3 is 11.2 Å². The van der Waals surface area contributed by atoms with Gasteiger partial charge in [0.25, 0.3) is 5.95 Å². The van der Waals surface area contributed by atoms with Crippen LogP contribution >= 0.6 is 11.8 Å². The topological polar surface area (TPSA) is 127 Å². The van der Waals surface area contributed by atoms with E-state index in [9.17, 15) is 9.59 Å². The van der Waals surface area contributed by atoms with Crippen LogP contribution in [0, 0.1) is 0 Å². The van der Waals surface area contributed by atoms with E-state index in [0.29, 0.717) is 16.4 Å². The second kappa shape index (κ2) is 10.7. The van der Waals surface area contributed by atoms with Gasteiger partial charge in [-0.2, -0.15) is 5.10 Å². The van der Waals surface area contributed by atoms with E-state index in [0.717, 1.165) is 17.3 Å². The van der Waals surface area contributed by atoms with Gasteiger partial charge in [-0.25, -0.2) is 10.1 Å². The predicted molar refractivity (Wildman–Crippen MR) is 124 cm³/mol. The number of aromatic nitrogens is 3. The summed E-state index contributed by atoms with van der Waals surface area (Å²) in [5, 5.41) is 15.0. The number of nitrogens with zero attached hydrogens (tertiary/aromatic N) is 4. The molecule has 31 heavy (non-hydrogen) atoms. The molecule has 1 amide bonds. The highest BCUT2D eigenvalue weighted by molar-refractivity contribution is 7.99. The van der Waals surface area contributed by atoms with E-state index in [-0.39, 0.29) is 23.4 Å². The Morgan fingerprint density at radius 3 is 2.58 bits per heavy atom. The first-order valence-corrected chi connectivity index (χ1v) is 10.3. The number of rotatable bonds is 9. The molecule has 2 aromatic carbocycles. The second-order valence-electron chi connectivity index (χ2n) is 6.31. The van der Waals surface area contributed by atoms with Gasteiger partial charge in [0.15, 0.2) is 5.78 Å². The zero-order valence-corrected chi connectivity index (χ0v) is 17.5. The maximum atomic E-state index is 12.1. The van der Waals surface area contributed by atoms with Crippen molar-refractivity contribution in [2.45, 2.75) is 12.1 Å². The van der Waals surface area contributed by atoms with Crippen molar-refractivity contribution < 1.29 is 9.59 Å². The molecule has 0 aliphatic heterocycles. The van der Waals surface area contributed by atoms with Crippen molar-refractivity contribution in [3.63, 3.8) is 0 Å². The molecule has 0 radical (unpaired) electrons. The molecule has 9 nitrogen and oxygen atoms in total. The Morgan fingerprint density at radius 1 is 1.13 bits per heavy atom. The molecule has 4 N–H and O–H groups in total. The molecule has 0 spiro atoms. The van der Waals surface area contributed by atoms with Crippen molar-refractivity contribution in [3.8, 4) is 0 Å². The minimum absolute atomic E-state index is 0.0309. The highest BCUT2D eigenvalue weighted by atomic mass is 32.2. The summed E-state index contributed by atoms with van der Waals surface area (Å²) in [7, 11) is 0. The number of nitrogen functional groups attached to an aromatic ring is 1. The number of hydrazone groups is 1. The van der Waals surface area contributed by atoms with E-state index in [4.69, 9.17) is 5.84 Å². The molecule has 10 heteroatoms. The van der Waals surface area contributed by atoms with Gasteiger partial charge in [0.1, 0.15) is 0 Å². The Hall–Kier alpha value is -3.92. The van der Waals surface area contributed by atoms with Crippen LogP contribution in [0.4, 0.5) is 11.6 Å². The number of nitrogens with one attached hydrogen (secondary N) is 2. The molecular formula is C21H21N7O2S. The third kappa shape index (κ3) is 6.54. The number of hydrogen-bond acceptors (Lipinski definition) is 8. The van der Waals surface area contributed by atoms with Gasteiger partial charge in [-0.1, -0.05) is 48.2 Å². The van der Waals surface area contributed by atoms with E-state index in [1.165, 1.54) is 11.6 Å². The average molecular weight is 436 g/mol. The Kier molecular flexibility index (Phi) is 7.55. The summed E-state index contributed by atoms with van der Waals surface area (Å²) in [6, 6.07) is 16.5. The van der Waals surface area contributed by atoms with E-state index in [1.807, 2.05) is 36.4 Å². The monoisotopic (exact) mass is 435 g/mol. The van der Waals surface area contributed by atoms with Crippen molar-refractivity contribution in [1.82, 2.24) is 14.9 Å². The SMILES string of the molecule is CC(=O)c1ccc(NC(=O)CSc2nnc(N/N=C/C=C/c3ccccc3)n2N)cc1. The summed E-state index contributed by atoms with van der Waals surface area (Å²) in [5.74, 6) is 6.01. The first kappa shape index (κ1) is 21.8. The van der Waals surface area contributed by atoms with Crippen LogP contribution in [0.25, 0.3) is 6.08 Å². The average Bonchev–Trinajstić information content (AvgIpc) is 3.12. The molecule has 3 rings (SSSR count). The minimum Gasteiger partial charge on any atom is -0.334 e. The summed E-state index contributed by atoms with van der Waals surface area (Å²) in [5.41, 5.74) is 4.95. The first-order valence-electron chi connectivity index (χ1n) is 9.28. The van der Waals surface area contributed by atoms with Crippen molar-refractivity contribution in [3.05, 3.63) is 71.8 Å². The predicted octanol–water partition coefficient (Wildman–Crippen LogP) is 3.04. The Balaban J connectivity index is 1.47. The van der Waals surface area contributed by atoms with Crippen LogP contribution in [0.2, 0.25) is 0 Å². The van der Waals surface area contributed by atoms with Crippen LogP contribution in [-0.2, 0) is 4.79 Å². The van der Waals surface area contributed by atoms with Crippen LogP contribution < -0.4 is 16.6 Å². The first-order chi connectivity index (χ1) is 15.0. The second-order valence-corrected chi connectivity index (χ2v) is 7.25. The number of anilines is 2. The van der Waals surface area contributed by atoms with Gasteiger partial charge in [0.05, 0.1) is 5.75 Å². The maximum Gasteiger partial charge on any atom is 0.264 e. The lowest BCUT2D eigenvalue weighted by Gasteiger charge is -2.06. The number of Topliss-reactive ketones (excluding diaryl/α,β-unsaturated/α-hetero) is 1. The number of carbonyl (C=O) groups is 2. The molecule has 0 aliphatic rings. The fourth-order valence-electron chi connectivity index (χ4n) is 2.42. The lowest BCUT2D eigenvalue weighted by molar-refractivity contribution is -0.113. The molecule has 0 saturated heterocycles. The summed E-state index contributed by atoms with van der Waals surface area (Å²) in [4.78, 5) is 23.4. The number of allylic oxidation sites excluding steroid dienone is 1. The summed E-state index contributed by atoms with van der Waals surface area (Å²) >= 11 is 1.14. The smallest absolute Gasteiger partial charge is 0.264 e. The molecule has 0 fully saturated rings. The number of hydrogen-bond donors (Lipinski definition) is 3. The largest absolute Gasteiger partial charge is 0.334 e. The zero-order valence-electron chi connectivity index (χ0n) is 16.7. The third-order valence-electron chi connectivity index (χ3n) is 3.99. The molecule has 0 atom stereocenters. The number of carbonyl (C=O) groups excluding carboxylic acids is 2. The Bertz CT molecular complexity index is 1090. The molecule has 0 aliphatic carbocycles. The van der Waals surface area contributed by atoms with Crippen LogP contribution in [0.1, 0.15) is 22.8 Å². The standard InChI is InChI=1S/C21H21N7O2S/c1-15(29)17-9-11-18(12-10-17)24-19(30)14-31-21-27-26-20(28(21)22)25-23-13-5-8-16-6-3-2-4-7-16/h2-13H,14,22H2,1H3,(H,24,30)(H,25,26)/b8-5+,23-13+. The molecule has 1 heterocycles. The van der Waals surface area contributed by atoms with E-state index >= 15 is 0 Å². The van der Waals surface area contributed by atoms with Crippen LogP contribution in [0.15, 0.2) is 70.9 Å². The maximum absolute atomic E-state index is 12.1. The number of nitrogens with two attached hydrogens (primary N) is 1. The molecular weight excluding hydrogens is 414 g/mol. The molecule has 0 unspecified atom stereocenters. The van der Waals surface area contributed by atoms with Gasteiger partial charge in [-0.15, -0.1) is 10.2 Å². The third-order valence-corrected chi connectivity index (χ3v) is 4.93. The molecule has 3 aromatic rings. The van der Waals surface area contributed by atoms with Crippen molar-refractivity contribution in [2.24, 2.45) is 5.10 Å². The fraction of sp³-hybridized carbons (Fsp3) is 0.0952. The lowest BCUT2D eigenvalue weighted by atomic mass is 10.1.